The second-order valence-corrected chi connectivity index (χ2v) is 9.84. The highest BCUT2D eigenvalue weighted by atomic mass is 16.3. The fraction of sp³-hybridized carbons (Fsp3) is 0. The molecule has 0 spiro atoms. The van der Waals surface area contributed by atoms with Crippen molar-refractivity contribution >= 4 is 60.5 Å². The van der Waals surface area contributed by atoms with E-state index in [2.05, 4.69) is 24.3 Å². The summed E-state index contributed by atoms with van der Waals surface area (Å²) in [4.78, 5) is 1.92. The Balaban J connectivity index is 1.53. The van der Waals surface area contributed by atoms with Crippen molar-refractivity contribution in [3.63, 3.8) is 0 Å². The van der Waals surface area contributed by atoms with Crippen LogP contribution in [0.2, 0.25) is 0 Å². The highest BCUT2D eigenvalue weighted by Gasteiger charge is 2.21. The molecule has 1 aromatic heterocycles. The second-order valence-electron chi connectivity index (χ2n) is 9.84. The summed E-state index contributed by atoms with van der Waals surface area (Å²) in [5.74, 6) is 0. The van der Waals surface area contributed by atoms with Crippen LogP contribution in [-0.4, -0.2) is 0 Å². The molecule has 0 atom stereocenters. The van der Waals surface area contributed by atoms with Gasteiger partial charge < -0.3 is 9.32 Å². The van der Waals surface area contributed by atoms with E-state index in [4.69, 9.17) is 7.16 Å². The molecule has 2 nitrogen and oxygen atoms in total. The number of rotatable bonds is 4. The van der Waals surface area contributed by atoms with Crippen molar-refractivity contribution in [1.29, 1.82) is 0 Å². The van der Waals surface area contributed by atoms with Crippen molar-refractivity contribution in [2.75, 3.05) is 4.90 Å². The zero-order valence-corrected chi connectivity index (χ0v) is 21.5. The van der Waals surface area contributed by atoms with Gasteiger partial charge in [-0.15, -0.1) is 0 Å². The third kappa shape index (κ3) is 3.58. The summed E-state index contributed by atoms with van der Waals surface area (Å²) in [6.07, 6.45) is 0. The SMILES string of the molecule is [2H]c1c([2H])c(-c2ccccc2)c([2H])c(N(c2cccc3ccccc23)c2cccc3oc4c5ccccc5ccc4c23)c1[2H]. The van der Waals surface area contributed by atoms with E-state index >= 15 is 0 Å². The molecule has 2 heteroatoms. The highest BCUT2D eigenvalue weighted by Crippen LogP contribution is 2.46. The first kappa shape index (κ1) is 18.8. The molecule has 0 saturated carbocycles. The van der Waals surface area contributed by atoms with Gasteiger partial charge in [-0.1, -0.05) is 115 Å². The predicted octanol–water partition coefficient (Wildman–Crippen LogP) is 11.0. The van der Waals surface area contributed by atoms with Gasteiger partial charge in [0.25, 0.3) is 0 Å². The van der Waals surface area contributed by atoms with E-state index in [1.807, 2.05) is 108 Å². The molecule has 0 amide bonds. The molecule has 0 unspecified atom stereocenters. The standard InChI is InChI=1S/C38H25NO/c1-2-11-26(12-3-1)29-16-8-17-30(25-29)39(34-20-9-15-27-13-4-6-18-31(27)34)35-21-10-22-36-37(35)33-24-23-28-14-5-7-19-32(28)38(33)40-36/h1-25H/i8D,16D,17D,25D. The molecule has 188 valence electrons. The maximum atomic E-state index is 9.55. The average Bonchev–Trinajstić information content (AvgIpc) is 3.46. The Labute approximate surface area is 238 Å². The molecule has 40 heavy (non-hydrogen) atoms. The van der Waals surface area contributed by atoms with Gasteiger partial charge in [0.1, 0.15) is 11.2 Å². The van der Waals surface area contributed by atoms with Crippen LogP contribution in [0.3, 0.4) is 0 Å². The molecule has 0 N–H and O–H groups in total. The average molecular weight is 516 g/mol. The molecule has 8 aromatic rings. The van der Waals surface area contributed by atoms with E-state index in [0.29, 0.717) is 16.7 Å². The van der Waals surface area contributed by atoms with Crippen LogP contribution in [0.25, 0.3) is 54.6 Å². The van der Waals surface area contributed by atoms with Crippen molar-refractivity contribution in [2.45, 2.75) is 0 Å². The van der Waals surface area contributed by atoms with E-state index in [0.717, 1.165) is 49.3 Å². The summed E-state index contributed by atoms with van der Waals surface area (Å²) >= 11 is 0. The zero-order valence-electron chi connectivity index (χ0n) is 25.5. The minimum Gasteiger partial charge on any atom is -0.455 e. The van der Waals surface area contributed by atoms with E-state index in [9.17, 15) is 2.74 Å². The minimum atomic E-state index is -0.227. The van der Waals surface area contributed by atoms with Gasteiger partial charge >= 0.3 is 0 Å². The molecule has 0 aliphatic carbocycles. The fourth-order valence-electron chi connectivity index (χ4n) is 5.69. The Bertz CT molecular complexity index is 2390. The lowest BCUT2D eigenvalue weighted by atomic mass is 10.0. The molecule has 0 aliphatic rings. The number of benzene rings is 7. The molecular weight excluding hydrogens is 486 g/mol. The van der Waals surface area contributed by atoms with Crippen molar-refractivity contribution in [3.8, 4) is 11.1 Å². The molecular formula is C38H25NO. The first-order chi connectivity index (χ1) is 21.5. The summed E-state index contributed by atoms with van der Waals surface area (Å²) in [7, 11) is 0. The number of fused-ring (bicyclic) bond motifs is 6. The van der Waals surface area contributed by atoms with Crippen LogP contribution in [0.5, 0.6) is 0 Å². The molecule has 0 radical (unpaired) electrons. The van der Waals surface area contributed by atoms with Gasteiger partial charge in [0.2, 0.25) is 0 Å². The van der Waals surface area contributed by atoms with Crippen LogP contribution in [0.4, 0.5) is 17.1 Å². The van der Waals surface area contributed by atoms with Crippen LogP contribution < -0.4 is 4.90 Å². The Morgan fingerprint density at radius 1 is 0.525 bits per heavy atom. The van der Waals surface area contributed by atoms with Crippen molar-refractivity contribution in [2.24, 2.45) is 0 Å². The molecule has 7 aromatic carbocycles. The topological polar surface area (TPSA) is 16.4 Å². The first-order valence-electron chi connectivity index (χ1n) is 15.3. The van der Waals surface area contributed by atoms with Gasteiger partial charge in [-0.2, -0.15) is 0 Å². The van der Waals surface area contributed by atoms with E-state index in [1.165, 1.54) is 0 Å². The molecule has 0 fully saturated rings. The van der Waals surface area contributed by atoms with Crippen LogP contribution in [0.1, 0.15) is 5.48 Å². The minimum absolute atomic E-state index is 0.0189. The van der Waals surface area contributed by atoms with Gasteiger partial charge in [-0.25, -0.2) is 0 Å². The van der Waals surface area contributed by atoms with Gasteiger partial charge in [0.05, 0.1) is 22.2 Å². The third-order valence-corrected chi connectivity index (χ3v) is 7.51. The second kappa shape index (κ2) is 9.14. The lowest BCUT2D eigenvalue weighted by molar-refractivity contribution is 0.672. The van der Waals surface area contributed by atoms with E-state index in [-0.39, 0.29) is 29.9 Å². The Morgan fingerprint density at radius 2 is 1.23 bits per heavy atom. The molecule has 0 aliphatic heterocycles. The van der Waals surface area contributed by atoms with Gasteiger partial charge in [-0.05, 0) is 58.2 Å². The number of furan rings is 1. The van der Waals surface area contributed by atoms with Crippen LogP contribution in [0, 0.1) is 0 Å². The van der Waals surface area contributed by atoms with Crippen molar-refractivity contribution in [3.05, 3.63) is 152 Å². The Hall–Kier alpha value is -5.34. The van der Waals surface area contributed by atoms with Crippen LogP contribution in [-0.2, 0) is 0 Å². The first-order valence-corrected chi connectivity index (χ1v) is 13.3. The number of anilines is 3. The smallest absolute Gasteiger partial charge is 0.143 e. The van der Waals surface area contributed by atoms with Crippen molar-refractivity contribution in [1.82, 2.24) is 0 Å². The number of hydrogen-bond acceptors (Lipinski definition) is 2. The lowest BCUT2D eigenvalue weighted by Gasteiger charge is -2.28. The molecule has 8 rings (SSSR count). The fourth-order valence-corrected chi connectivity index (χ4v) is 5.69. The summed E-state index contributed by atoms with van der Waals surface area (Å²) < 4.78 is 43.0. The van der Waals surface area contributed by atoms with Crippen LogP contribution in [0.15, 0.2) is 156 Å². The van der Waals surface area contributed by atoms with Gasteiger partial charge in [0.15, 0.2) is 0 Å². The highest BCUT2D eigenvalue weighted by molar-refractivity contribution is 6.20. The quantitative estimate of drug-likeness (QED) is 0.232. The maximum absolute atomic E-state index is 9.55. The Kier molecular flexibility index (Phi) is 4.31. The van der Waals surface area contributed by atoms with Crippen molar-refractivity contribution < 1.29 is 9.90 Å². The largest absolute Gasteiger partial charge is 0.455 e. The maximum Gasteiger partial charge on any atom is 0.143 e. The summed E-state index contributed by atoms with van der Waals surface area (Å²) in [5, 5.41) is 5.80. The van der Waals surface area contributed by atoms with E-state index < -0.39 is 0 Å². The third-order valence-electron chi connectivity index (χ3n) is 7.51. The normalized spacial score (nSPS) is 12.9. The lowest BCUT2D eigenvalue weighted by Crippen LogP contribution is -2.11. The summed E-state index contributed by atoms with van der Waals surface area (Å²) in [5.41, 5.74) is 4.17. The van der Waals surface area contributed by atoms with Crippen LogP contribution >= 0.6 is 0 Å². The van der Waals surface area contributed by atoms with E-state index in [1.54, 1.807) is 0 Å². The molecule has 0 saturated heterocycles. The summed E-state index contributed by atoms with van der Waals surface area (Å²) in [6.45, 7) is 0. The number of hydrogen-bond donors (Lipinski definition) is 0. The number of nitrogens with zero attached hydrogens (tertiary/aromatic N) is 1. The zero-order chi connectivity index (χ0) is 29.9. The molecule has 1 heterocycles. The Morgan fingerprint density at radius 3 is 2.10 bits per heavy atom. The summed E-state index contributed by atoms with van der Waals surface area (Å²) in [6, 6.07) is 40.9. The van der Waals surface area contributed by atoms with Gasteiger partial charge in [0, 0.05) is 21.8 Å². The molecule has 0 bridgehead atoms. The van der Waals surface area contributed by atoms with Gasteiger partial charge in [-0.3, -0.25) is 0 Å². The monoisotopic (exact) mass is 515 g/mol. The predicted molar refractivity (Wildman–Crippen MR) is 169 cm³/mol.